The summed E-state index contributed by atoms with van der Waals surface area (Å²) in [5.74, 6) is 0.788. The van der Waals surface area contributed by atoms with Gasteiger partial charge in [0.15, 0.2) is 11.5 Å². The highest BCUT2D eigenvalue weighted by atomic mass is 32.2. The first-order valence-electron chi connectivity index (χ1n) is 16.3. The second kappa shape index (κ2) is 16.1. The highest BCUT2D eigenvalue weighted by Gasteiger charge is 2.31. The second-order valence-electron chi connectivity index (χ2n) is 12.4. The first kappa shape index (κ1) is 36.2. The van der Waals surface area contributed by atoms with Crippen LogP contribution in [0, 0.1) is 5.92 Å². The monoisotopic (exact) mass is 716 g/mol. The fraction of sp³-hybridized carbons (Fsp3) is 0.471. The van der Waals surface area contributed by atoms with Gasteiger partial charge in [0.05, 0.1) is 30.4 Å². The van der Waals surface area contributed by atoms with Crippen LogP contribution in [0.4, 0.5) is 16.2 Å². The average Bonchev–Trinajstić information content (AvgIpc) is 3.79. The molecule has 3 heterocycles. The Labute approximate surface area is 291 Å². The van der Waals surface area contributed by atoms with Crippen molar-refractivity contribution >= 4 is 44.7 Å². The summed E-state index contributed by atoms with van der Waals surface area (Å²) in [7, 11) is -2.19. The smallest absolute Gasteiger partial charge is 0.321 e. The van der Waals surface area contributed by atoms with Gasteiger partial charge in [0, 0.05) is 50.1 Å². The van der Waals surface area contributed by atoms with Crippen molar-refractivity contribution in [2.75, 3.05) is 50.2 Å². The van der Waals surface area contributed by atoms with E-state index in [2.05, 4.69) is 10.0 Å². The van der Waals surface area contributed by atoms with Gasteiger partial charge in [-0.1, -0.05) is 13.0 Å². The third-order valence-corrected chi connectivity index (χ3v) is 11.3. The van der Waals surface area contributed by atoms with Crippen LogP contribution in [0.5, 0.6) is 17.2 Å². The number of carbonyl (C=O) groups excluding carboxylic acids is 2. The van der Waals surface area contributed by atoms with Gasteiger partial charge in [-0.05, 0) is 74.9 Å². The number of aliphatic hydroxyl groups is 1. The van der Waals surface area contributed by atoms with Crippen LogP contribution in [0.2, 0.25) is 0 Å². The molecule has 0 aliphatic carbocycles. The number of thiophene rings is 1. The van der Waals surface area contributed by atoms with E-state index in [4.69, 9.17) is 18.9 Å². The summed E-state index contributed by atoms with van der Waals surface area (Å²) in [4.78, 5) is 30.7. The van der Waals surface area contributed by atoms with E-state index >= 15 is 0 Å². The number of nitrogens with one attached hydrogen (secondary N) is 2. The summed E-state index contributed by atoms with van der Waals surface area (Å²) in [6.07, 6.45) is 1.56. The number of likely N-dealkylation sites (N-methyl/N-ethyl adjacent to an activating group) is 1. The molecule has 15 heteroatoms. The molecule has 3 N–H and O–H groups in total. The van der Waals surface area contributed by atoms with Crippen molar-refractivity contribution in [2.24, 2.45) is 5.92 Å². The van der Waals surface area contributed by atoms with Crippen molar-refractivity contribution in [3.05, 3.63) is 59.5 Å². The Morgan fingerprint density at radius 2 is 1.84 bits per heavy atom. The minimum Gasteiger partial charge on any atom is -0.490 e. The Hall–Kier alpha value is -4.05. The van der Waals surface area contributed by atoms with Crippen LogP contribution < -0.4 is 24.2 Å². The van der Waals surface area contributed by atoms with E-state index in [-0.39, 0.29) is 60.0 Å². The lowest BCUT2D eigenvalue weighted by Gasteiger charge is -2.35. The zero-order valence-corrected chi connectivity index (χ0v) is 29.7. The predicted octanol–water partition coefficient (Wildman–Crippen LogP) is 5.24. The van der Waals surface area contributed by atoms with Crippen molar-refractivity contribution in [2.45, 2.75) is 62.5 Å². The molecule has 3 aromatic rings. The second-order valence-corrected chi connectivity index (χ2v) is 15.3. The molecule has 0 fully saturated rings. The van der Waals surface area contributed by atoms with E-state index in [0.29, 0.717) is 36.0 Å². The quantitative estimate of drug-likeness (QED) is 0.284. The number of carbonyl (C=O) groups is 2. The molecule has 0 radical (unpaired) electrons. The van der Waals surface area contributed by atoms with Crippen LogP contribution in [0.1, 0.15) is 50.4 Å². The van der Waals surface area contributed by atoms with Crippen LogP contribution >= 0.6 is 11.3 Å². The van der Waals surface area contributed by atoms with Gasteiger partial charge < -0.3 is 39.2 Å². The standard InChI is InChI=1S/C34H44N4O9S2/c1-22-18-38(23(2)20-39)33(40)27-16-26(36-49(42,43)32-9-7-15-48-32)11-12-28(27)47-24(3)8-5-6-14-44-31(22)19-37(4)34(41)35-25-10-13-29-30(17-25)46-21-45-29/h7,9-13,15-17,22-24,31,36,39H,5-6,8,14,18-21H2,1-4H3,(H,35,41)/t22-,23-,24-,31-/m0/s1. The Balaban J connectivity index is 1.38. The van der Waals surface area contributed by atoms with Crippen molar-refractivity contribution in [1.82, 2.24) is 9.80 Å². The Bertz CT molecular complexity index is 1700. The largest absolute Gasteiger partial charge is 0.490 e. The first-order chi connectivity index (χ1) is 23.4. The van der Waals surface area contributed by atoms with Crippen LogP contribution in [0.15, 0.2) is 58.1 Å². The summed E-state index contributed by atoms with van der Waals surface area (Å²) in [5.41, 5.74) is 0.931. The molecule has 2 aliphatic rings. The van der Waals surface area contributed by atoms with Crippen molar-refractivity contribution in [3.8, 4) is 17.2 Å². The average molecular weight is 717 g/mol. The molecule has 2 aromatic carbocycles. The summed E-state index contributed by atoms with van der Waals surface area (Å²) in [5, 5.41) is 14.8. The van der Waals surface area contributed by atoms with Crippen molar-refractivity contribution < 1.29 is 42.1 Å². The van der Waals surface area contributed by atoms with Gasteiger partial charge in [0.25, 0.3) is 15.9 Å². The number of sulfonamides is 1. The Morgan fingerprint density at radius 1 is 1.08 bits per heavy atom. The number of benzene rings is 2. The molecule has 0 unspecified atom stereocenters. The summed E-state index contributed by atoms with van der Waals surface area (Å²) >= 11 is 1.09. The van der Waals surface area contributed by atoms with E-state index in [1.807, 2.05) is 13.8 Å². The minimum atomic E-state index is -3.87. The molecule has 2 aliphatic heterocycles. The topological polar surface area (TPSA) is 156 Å². The van der Waals surface area contributed by atoms with E-state index in [1.165, 1.54) is 17.0 Å². The lowest BCUT2D eigenvalue weighted by molar-refractivity contribution is -0.0115. The number of rotatable bonds is 8. The van der Waals surface area contributed by atoms with Crippen LogP contribution in [-0.4, -0.2) is 93.7 Å². The first-order valence-corrected chi connectivity index (χ1v) is 18.6. The van der Waals surface area contributed by atoms with Crippen LogP contribution in [-0.2, 0) is 14.8 Å². The van der Waals surface area contributed by atoms with Gasteiger partial charge in [0.2, 0.25) is 6.79 Å². The van der Waals surface area contributed by atoms with Gasteiger partial charge >= 0.3 is 6.03 Å². The number of urea groups is 1. The number of aliphatic hydroxyl groups excluding tert-OH is 1. The maximum absolute atomic E-state index is 14.4. The van der Waals surface area contributed by atoms with E-state index in [1.54, 1.807) is 60.6 Å². The van der Waals surface area contributed by atoms with Crippen LogP contribution in [0.25, 0.3) is 0 Å². The van der Waals surface area contributed by atoms with Gasteiger partial charge in [-0.25, -0.2) is 13.2 Å². The number of ether oxygens (including phenoxy) is 4. The molecule has 0 saturated carbocycles. The van der Waals surface area contributed by atoms with Gasteiger partial charge in [0.1, 0.15) is 9.96 Å². The third kappa shape index (κ3) is 9.15. The molecule has 0 spiro atoms. The molecule has 3 amide bonds. The molecular weight excluding hydrogens is 673 g/mol. The van der Waals surface area contributed by atoms with E-state index in [9.17, 15) is 23.1 Å². The molecular formula is C34H44N4O9S2. The van der Waals surface area contributed by atoms with Gasteiger partial charge in [-0.15, -0.1) is 11.3 Å². The molecule has 4 atom stereocenters. The zero-order chi connectivity index (χ0) is 35.1. The Morgan fingerprint density at radius 3 is 2.59 bits per heavy atom. The molecule has 266 valence electrons. The number of anilines is 2. The molecule has 0 saturated heterocycles. The minimum absolute atomic E-state index is 0.130. The molecule has 49 heavy (non-hydrogen) atoms. The van der Waals surface area contributed by atoms with E-state index in [0.717, 1.165) is 24.2 Å². The fourth-order valence-electron chi connectivity index (χ4n) is 5.62. The number of hydrogen-bond donors (Lipinski definition) is 3. The van der Waals surface area contributed by atoms with E-state index < -0.39 is 28.1 Å². The normalized spacial score (nSPS) is 20.8. The van der Waals surface area contributed by atoms with Gasteiger partial charge in [-0.3, -0.25) is 9.52 Å². The van der Waals surface area contributed by atoms with Gasteiger partial charge in [-0.2, -0.15) is 0 Å². The lowest BCUT2D eigenvalue weighted by Crippen LogP contribution is -2.48. The molecule has 1 aromatic heterocycles. The number of hydrogen-bond acceptors (Lipinski definition) is 10. The summed E-state index contributed by atoms with van der Waals surface area (Å²) < 4.78 is 52.1. The number of nitrogens with zero attached hydrogens (tertiary/aromatic N) is 2. The fourth-order valence-corrected chi connectivity index (χ4v) is 7.66. The maximum atomic E-state index is 14.4. The summed E-state index contributed by atoms with van der Waals surface area (Å²) in [6.45, 7) is 6.29. The number of fused-ring (bicyclic) bond motifs is 2. The SMILES string of the molecule is C[C@H]1CCCCO[C@@H](CN(C)C(=O)Nc2ccc3c(c2)OCO3)[C@@H](C)CN([C@@H](C)CO)C(=O)c2cc(NS(=O)(=O)c3cccs3)ccc2O1. The van der Waals surface area contributed by atoms with Crippen molar-refractivity contribution in [1.29, 1.82) is 0 Å². The Kier molecular flexibility index (Phi) is 11.9. The molecule has 13 nitrogen and oxygen atoms in total. The highest BCUT2D eigenvalue weighted by Crippen LogP contribution is 2.34. The highest BCUT2D eigenvalue weighted by molar-refractivity contribution is 7.94. The lowest BCUT2D eigenvalue weighted by atomic mass is 10.0. The van der Waals surface area contributed by atoms with Crippen LogP contribution in [0.3, 0.4) is 0 Å². The molecule has 5 rings (SSSR count). The predicted molar refractivity (Wildman–Crippen MR) is 186 cm³/mol. The third-order valence-electron chi connectivity index (χ3n) is 8.49. The number of amides is 3. The zero-order valence-electron chi connectivity index (χ0n) is 28.1. The maximum Gasteiger partial charge on any atom is 0.321 e. The van der Waals surface area contributed by atoms with Crippen molar-refractivity contribution in [3.63, 3.8) is 0 Å². The molecule has 0 bridgehead atoms. The summed E-state index contributed by atoms with van der Waals surface area (Å²) in [6, 6.07) is 12.1.